The summed E-state index contributed by atoms with van der Waals surface area (Å²) in [5.74, 6) is -1.32. The number of carbonyl (C=O) groups excluding carboxylic acids is 1. The number of ether oxygens (including phenoxy) is 1. The Bertz CT molecular complexity index is 392. The van der Waals surface area contributed by atoms with Crippen molar-refractivity contribution in [3.05, 3.63) is 28.8 Å². The predicted octanol–water partition coefficient (Wildman–Crippen LogP) is 2.34. The number of alkyl halides is 3. The van der Waals surface area contributed by atoms with Gasteiger partial charge in [-0.25, -0.2) is 0 Å². The zero-order valence-corrected chi connectivity index (χ0v) is 7.89. The first-order chi connectivity index (χ1) is 6.79. The van der Waals surface area contributed by atoms with E-state index in [0.717, 1.165) is 18.2 Å². The Morgan fingerprint density at radius 1 is 1.40 bits per heavy atom. The van der Waals surface area contributed by atoms with Gasteiger partial charge in [0, 0.05) is 0 Å². The molecule has 1 aromatic rings. The third-order valence-electron chi connectivity index (χ3n) is 1.44. The summed E-state index contributed by atoms with van der Waals surface area (Å²) >= 11 is 5.51. The fourth-order valence-electron chi connectivity index (χ4n) is 0.893. The molecule has 1 amide bonds. The Morgan fingerprint density at radius 2 is 2.00 bits per heavy atom. The van der Waals surface area contributed by atoms with Crippen LogP contribution >= 0.6 is 11.6 Å². The van der Waals surface area contributed by atoms with Crippen molar-refractivity contribution >= 4 is 17.5 Å². The van der Waals surface area contributed by atoms with Crippen LogP contribution in [0.1, 0.15) is 10.4 Å². The molecule has 0 heterocycles. The predicted molar refractivity (Wildman–Crippen MR) is 46.7 cm³/mol. The van der Waals surface area contributed by atoms with Gasteiger partial charge in [-0.1, -0.05) is 11.6 Å². The SMILES string of the molecule is NC(=O)c1ccc(OC(F)(F)F)cc1Cl. The Labute approximate surface area is 87.6 Å². The lowest BCUT2D eigenvalue weighted by molar-refractivity contribution is -0.274. The average Bonchev–Trinajstić information content (AvgIpc) is 1.99. The van der Waals surface area contributed by atoms with E-state index in [1.807, 2.05) is 0 Å². The largest absolute Gasteiger partial charge is 0.573 e. The Balaban J connectivity index is 2.97. The zero-order chi connectivity index (χ0) is 11.6. The number of hydrogen-bond donors (Lipinski definition) is 1. The lowest BCUT2D eigenvalue weighted by Gasteiger charge is -2.09. The fraction of sp³-hybridized carbons (Fsp3) is 0.125. The van der Waals surface area contributed by atoms with Crippen molar-refractivity contribution in [2.24, 2.45) is 5.73 Å². The molecule has 1 rings (SSSR count). The molecular formula is C8H5ClF3NO2. The molecule has 3 nitrogen and oxygen atoms in total. The lowest BCUT2D eigenvalue weighted by atomic mass is 10.2. The van der Waals surface area contributed by atoms with E-state index in [1.165, 1.54) is 0 Å². The van der Waals surface area contributed by atoms with Gasteiger partial charge >= 0.3 is 6.36 Å². The lowest BCUT2D eigenvalue weighted by Crippen LogP contribution is -2.17. The summed E-state index contributed by atoms with van der Waals surface area (Å²) in [5, 5.41) is -0.191. The van der Waals surface area contributed by atoms with Crippen LogP contribution in [-0.4, -0.2) is 12.3 Å². The second kappa shape index (κ2) is 3.98. The van der Waals surface area contributed by atoms with E-state index in [-0.39, 0.29) is 10.6 Å². The quantitative estimate of drug-likeness (QED) is 0.861. The van der Waals surface area contributed by atoms with Gasteiger partial charge in [-0.3, -0.25) is 4.79 Å². The van der Waals surface area contributed by atoms with Gasteiger partial charge in [0.15, 0.2) is 0 Å². The summed E-state index contributed by atoms with van der Waals surface area (Å²) in [6.45, 7) is 0. The van der Waals surface area contributed by atoms with Gasteiger partial charge in [-0.05, 0) is 18.2 Å². The fourth-order valence-corrected chi connectivity index (χ4v) is 1.16. The number of halogens is 4. The van der Waals surface area contributed by atoms with Gasteiger partial charge in [0.05, 0.1) is 10.6 Å². The monoisotopic (exact) mass is 239 g/mol. The molecule has 0 bridgehead atoms. The second-order valence-electron chi connectivity index (χ2n) is 2.55. The van der Waals surface area contributed by atoms with Gasteiger partial charge < -0.3 is 10.5 Å². The molecule has 15 heavy (non-hydrogen) atoms. The summed E-state index contributed by atoms with van der Waals surface area (Å²) in [4.78, 5) is 10.7. The Morgan fingerprint density at radius 3 is 2.40 bits per heavy atom. The van der Waals surface area contributed by atoms with Crippen molar-refractivity contribution in [1.29, 1.82) is 0 Å². The molecule has 82 valence electrons. The second-order valence-corrected chi connectivity index (χ2v) is 2.96. The van der Waals surface area contributed by atoms with Gasteiger partial charge in [0.2, 0.25) is 5.91 Å². The molecule has 2 N–H and O–H groups in total. The summed E-state index contributed by atoms with van der Waals surface area (Å²) < 4.78 is 38.9. The highest BCUT2D eigenvalue weighted by Gasteiger charge is 2.31. The number of carbonyl (C=O) groups is 1. The first-order valence-electron chi connectivity index (χ1n) is 3.65. The maximum atomic E-state index is 11.8. The van der Waals surface area contributed by atoms with E-state index in [1.54, 1.807) is 0 Å². The van der Waals surface area contributed by atoms with Crippen LogP contribution in [0.15, 0.2) is 18.2 Å². The minimum atomic E-state index is -4.79. The van der Waals surface area contributed by atoms with Crippen molar-refractivity contribution in [2.75, 3.05) is 0 Å². The number of amides is 1. The molecule has 0 saturated heterocycles. The van der Waals surface area contributed by atoms with Crippen molar-refractivity contribution in [3.8, 4) is 5.75 Å². The molecule has 1 aromatic carbocycles. The van der Waals surface area contributed by atoms with E-state index in [4.69, 9.17) is 17.3 Å². The topological polar surface area (TPSA) is 52.3 Å². The number of hydrogen-bond acceptors (Lipinski definition) is 2. The molecule has 0 aliphatic carbocycles. The molecule has 0 unspecified atom stereocenters. The summed E-state index contributed by atoms with van der Waals surface area (Å²) in [6.07, 6.45) is -4.79. The van der Waals surface area contributed by atoms with E-state index in [0.29, 0.717) is 0 Å². The maximum absolute atomic E-state index is 11.8. The van der Waals surface area contributed by atoms with Gasteiger partial charge in [-0.2, -0.15) is 0 Å². The molecule has 0 saturated carbocycles. The third kappa shape index (κ3) is 3.32. The van der Waals surface area contributed by atoms with Crippen LogP contribution in [0.5, 0.6) is 5.75 Å². The minimum Gasteiger partial charge on any atom is -0.406 e. The van der Waals surface area contributed by atoms with E-state index in [2.05, 4.69) is 4.74 Å². The van der Waals surface area contributed by atoms with Crippen LogP contribution in [-0.2, 0) is 0 Å². The van der Waals surface area contributed by atoms with Gasteiger partial charge in [0.1, 0.15) is 5.75 Å². The highest BCUT2D eigenvalue weighted by Crippen LogP contribution is 2.27. The first kappa shape index (κ1) is 11.6. The molecule has 0 spiro atoms. The molecule has 7 heteroatoms. The Hall–Kier alpha value is -1.43. The average molecular weight is 240 g/mol. The van der Waals surface area contributed by atoms with Gasteiger partial charge in [-0.15, -0.1) is 13.2 Å². The standard InChI is InChI=1S/C8H5ClF3NO2/c9-6-3-4(15-8(10,11)12)1-2-5(6)7(13)14/h1-3H,(H2,13,14). The molecule has 0 aliphatic rings. The van der Waals surface area contributed by atoms with Crippen LogP contribution in [0.3, 0.4) is 0 Å². The maximum Gasteiger partial charge on any atom is 0.573 e. The van der Waals surface area contributed by atoms with E-state index >= 15 is 0 Å². The highest BCUT2D eigenvalue weighted by atomic mass is 35.5. The van der Waals surface area contributed by atoms with Crippen LogP contribution in [0.25, 0.3) is 0 Å². The number of nitrogens with two attached hydrogens (primary N) is 1. The van der Waals surface area contributed by atoms with E-state index < -0.39 is 18.0 Å². The van der Waals surface area contributed by atoms with Crippen LogP contribution in [0.2, 0.25) is 5.02 Å². The Kier molecular flexibility index (Phi) is 3.09. The highest BCUT2D eigenvalue weighted by molar-refractivity contribution is 6.33. The van der Waals surface area contributed by atoms with Crippen LogP contribution in [0.4, 0.5) is 13.2 Å². The van der Waals surface area contributed by atoms with E-state index in [9.17, 15) is 18.0 Å². The molecule has 0 aliphatic heterocycles. The third-order valence-corrected chi connectivity index (χ3v) is 1.75. The minimum absolute atomic E-state index is 0.0637. The number of benzene rings is 1. The van der Waals surface area contributed by atoms with Gasteiger partial charge in [0.25, 0.3) is 0 Å². The first-order valence-corrected chi connectivity index (χ1v) is 4.02. The van der Waals surface area contributed by atoms with Crippen molar-refractivity contribution in [1.82, 2.24) is 0 Å². The molecule has 0 fully saturated rings. The molecule has 0 radical (unpaired) electrons. The van der Waals surface area contributed by atoms with Crippen molar-refractivity contribution in [3.63, 3.8) is 0 Å². The number of rotatable bonds is 2. The summed E-state index contributed by atoms with van der Waals surface area (Å²) in [7, 11) is 0. The normalized spacial score (nSPS) is 11.2. The summed E-state index contributed by atoms with van der Waals surface area (Å²) in [5.41, 5.74) is 4.84. The van der Waals surface area contributed by atoms with Crippen molar-refractivity contribution in [2.45, 2.75) is 6.36 Å². The number of primary amides is 1. The van der Waals surface area contributed by atoms with Crippen LogP contribution < -0.4 is 10.5 Å². The molecule has 0 aromatic heterocycles. The summed E-state index contributed by atoms with van der Waals surface area (Å²) in [6, 6.07) is 2.89. The smallest absolute Gasteiger partial charge is 0.406 e. The van der Waals surface area contributed by atoms with Crippen molar-refractivity contribution < 1.29 is 22.7 Å². The molecular weight excluding hydrogens is 235 g/mol. The zero-order valence-electron chi connectivity index (χ0n) is 7.14. The van der Waals surface area contributed by atoms with Crippen LogP contribution in [0, 0.1) is 0 Å². The molecule has 0 atom stereocenters.